The van der Waals surface area contributed by atoms with E-state index in [0.29, 0.717) is 22.4 Å². The summed E-state index contributed by atoms with van der Waals surface area (Å²) in [5, 5.41) is 1.85. The Morgan fingerprint density at radius 1 is 1.26 bits per heavy atom. The smallest absolute Gasteiger partial charge is 0.358 e. The molecule has 27 heavy (non-hydrogen) atoms. The monoisotopic (exact) mass is 452 g/mol. The van der Waals surface area contributed by atoms with Crippen molar-refractivity contribution < 1.29 is 19.1 Å². The van der Waals surface area contributed by atoms with Crippen LogP contribution in [0, 0.1) is 0 Å². The molecule has 0 aromatic carbocycles. The molecule has 1 aliphatic heterocycles. The summed E-state index contributed by atoms with van der Waals surface area (Å²) in [5.41, 5.74) is 1.22. The van der Waals surface area contributed by atoms with Crippen molar-refractivity contribution in [3.05, 3.63) is 43.7 Å². The Labute approximate surface area is 170 Å². The number of ether oxygens (including phenoxy) is 2. The molecule has 0 saturated carbocycles. The minimum Gasteiger partial charge on any atom is -0.465 e. The van der Waals surface area contributed by atoms with E-state index in [1.807, 2.05) is 32.2 Å². The molecule has 0 aliphatic carbocycles. The Kier molecular flexibility index (Phi) is 5.58. The van der Waals surface area contributed by atoms with Gasteiger partial charge < -0.3 is 14.4 Å². The second kappa shape index (κ2) is 7.59. The van der Waals surface area contributed by atoms with Gasteiger partial charge in [-0.05, 0) is 60.8 Å². The molecule has 0 radical (unpaired) electrons. The zero-order valence-corrected chi connectivity index (χ0v) is 18.1. The highest BCUT2D eigenvalue weighted by Crippen LogP contribution is 2.32. The van der Waals surface area contributed by atoms with E-state index >= 15 is 0 Å². The summed E-state index contributed by atoms with van der Waals surface area (Å²) in [6.45, 7) is 6.77. The van der Waals surface area contributed by atoms with Crippen molar-refractivity contribution >= 4 is 45.0 Å². The summed E-state index contributed by atoms with van der Waals surface area (Å²) >= 11 is 4.96. The summed E-state index contributed by atoms with van der Waals surface area (Å²) in [7, 11) is 1.39. The predicted octanol–water partition coefficient (Wildman–Crippen LogP) is 4.21. The largest absolute Gasteiger partial charge is 0.465 e. The molecule has 3 rings (SSSR count). The SMILES string of the molecule is COC(=O)c1csc2c1CN(c1ccc(Br)c(C(=O)OC(C)(C)C)n1)CC2. The first kappa shape index (κ1) is 19.8. The Hall–Kier alpha value is -1.93. The van der Waals surface area contributed by atoms with Gasteiger partial charge in [0.1, 0.15) is 11.4 Å². The van der Waals surface area contributed by atoms with Gasteiger partial charge in [0.05, 0.1) is 17.1 Å². The number of carbonyl (C=O) groups is 2. The van der Waals surface area contributed by atoms with Crippen molar-refractivity contribution in [3.8, 4) is 0 Å². The fourth-order valence-corrected chi connectivity index (χ4v) is 4.27. The lowest BCUT2D eigenvalue weighted by atomic mass is 10.0. The summed E-state index contributed by atoms with van der Waals surface area (Å²) in [4.78, 5) is 32.2. The van der Waals surface area contributed by atoms with Gasteiger partial charge >= 0.3 is 11.9 Å². The van der Waals surface area contributed by atoms with Crippen LogP contribution >= 0.6 is 27.3 Å². The van der Waals surface area contributed by atoms with Crippen molar-refractivity contribution in [1.29, 1.82) is 0 Å². The normalized spacial score (nSPS) is 13.9. The maximum Gasteiger partial charge on any atom is 0.358 e. The van der Waals surface area contributed by atoms with Crippen molar-refractivity contribution in [1.82, 2.24) is 4.98 Å². The van der Waals surface area contributed by atoms with E-state index < -0.39 is 11.6 Å². The Morgan fingerprint density at radius 2 is 2.00 bits per heavy atom. The number of carbonyl (C=O) groups excluding carboxylic acids is 2. The van der Waals surface area contributed by atoms with Gasteiger partial charge in [-0.25, -0.2) is 14.6 Å². The number of anilines is 1. The molecule has 0 atom stereocenters. The zero-order chi connectivity index (χ0) is 19.8. The number of methoxy groups -OCH3 is 1. The molecule has 0 N–H and O–H groups in total. The molecular formula is C19H21BrN2O4S. The minimum absolute atomic E-state index is 0.242. The molecule has 6 nitrogen and oxygen atoms in total. The highest BCUT2D eigenvalue weighted by molar-refractivity contribution is 9.10. The molecule has 8 heteroatoms. The van der Waals surface area contributed by atoms with Gasteiger partial charge in [-0.2, -0.15) is 0 Å². The van der Waals surface area contributed by atoms with Crippen LogP contribution in [0.3, 0.4) is 0 Å². The first-order chi connectivity index (χ1) is 12.7. The molecule has 2 aromatic heterocycles. The maximum absolute atomic E-state index is 12.5. The molecule has 0 spiro atoms. The number of fused-ring (bicyclic) bond motifs is 1. The van der Waals surface area contributed by atoms with E-state index in [-0.39, 0.29) is 11.7 Å². The number of rotatable bonds is 3. The summed E-state index contributed by atoms with van der Waals surface area (Å²) in [6.07, 6.45) is 0.816. The van der Waals surface area contributed by atoms with Gasteiger partial charge in [-0.15, -0.1) is 11.3 Å². The molecule has 2 aromatic rings. The van der Waals surface area contributed by atoms with Crippen LogP contribution in [0.25, 0.3) is 0 Å². The van der Waals surface area contributed by atoms with Crippen LogP contribution in [0.5, 0.6) is 0 Å². The number of halogens is 1. The summed E-state index contributed by atoms with van der Waals surface area (Å²) < 4.78 is 10.9. The van der Waals surface area contributed by atoms with Crippen LogP contribution in [0.1, 0.15) is 52.1 Å². The van der Waals surface area contributed by atoms with E-state index in [2.05, 4.69) is 25.8 Å². The lowest BCUT2D eigenvalue weighted by Crippen LogP contribution is -2.32. The van der Waals surface area contributed by atoms with Gasteiger partial charge in [0.15, 0.2) is 5.69 Å². The number of hydrogen-bond donors (Lipinski definition) is 0. The standard InChI is InChI=1S/C19H21BrN2O4S/c1-19(2,3)26-18(24)16-13(20)5-6-15(21-16)22-8-7-14-11(9-22)12(10-27-14)17(23)25-4/h5-6,10H,7-9H2,1-4H3. The van der Waals surface area contributed by atoms with Gasteiger partial charge in [-0.3, -0.25) is 0 Å². The van der Waals surface area contributed by atoms with Gasteiger partial charge in [0, 0.05) is 23.3 Å². The zero-order valence-electron chi connectivity index (χ0n) is 15.7. The van der Waals surface area contributed by atoms with Crippen molar-refractivity contribution in [2.45, 2.75) is 39.3 Å². The van der Waals surface area contributed by atoms with Gasteiger partial charge in [0.25, 0.3) is 0 Å². The third kappa shape index (κ3) is 4.32. The quantitative estimate of drug-likeness (QED) is 0.649. The first-order valence-corrected chi connectivity index (χ1v) is 10.2. The fourth-order valence-electron chi connectivity index (χ4n) is 2.87. The first-order valence-electron chi connectivity index (χ1n) is 8.52. The molecule has 0 unspecified atom stereocenters. The fraction of sp³-hybridized carbons (Fsp3) is 0.421. The van der Waals surface area contributed by atoms with Crippen molar-refractivity contribution in [2.75, 3.05) is 18.6 Å². The maximum atomic E-state index is 12.5. The number of nitrogens with zero attached hydrogens (tertiary/aromatic N) is 2. The number of pyridine rings is 1. The molecule has 0 saturated heterocycles. The highest BCUT2D eigenvalue weighted by atomic mass is 79.9. The third-order valence-electron chi connectivity index (χ3n) is 4.09. The van der Waals surface area contributed by atoms with Gasteiger partial charge in [-0.1, -0.05) is 0 Å². The number of esters is 2. The molecule has 0 bridgehead atoms. The number of aromatic nitrogens is 1. The average molecular weight is 453 g/mol. The Balaban J connectivity index is 1.88. The summed E-state index contributed by atoms with van der Waals surface area (Å²) in [6, 6.07) is 3.65. The van der Waals surface area contributed by atoms with Crippen molar-refractivity contribution in [2.24, 2.45) is 0 Å². The van der Waals surface area contributed by atoms with Gasteiger partial charge in [0.2, 0.25) is 0 Å². The van der Waals surface area contributed by atoms with Crippen LogP contribution in [0.2, 0.25) is 0 Å². The van der Waals surface area contributed by atoms with E-state index in [4.69, 9.17) is 9.47 Å². The number of thiophene rings is 1. The predicted molar refractivity (Wildman–Crippen MR) is 108 cm³/mol. The lowest BCUT2D eigenvalue weighted by Gasteiger charge is -2.29. The minimum atomic E-state index is -0.597. The molecule has 144 valence electrons. The Morgan fingerprint density at radius 3 is 2.67 bits per heavy atom. The third-order valence-corrected chi connectivity index (χ3v) is 5.82. The summed E-state index contributed by atoms with van der Waals surface area (Å²) in [5.74, 6) is -0.126. The van der Waals surface area contributed by atoms with Crippen LogP contribution in [0.15, 0.2) is 22.0 Å². The van der Waals surface area contributed by atoms with E-state index in [1.165, 1.54) is 12.0 Å². The van der Waals surface area contributed by atoms with Crippen LogP contribution in [-0.2, 0) is 22.4 Å². The lowest BCUT2D eigenvalue weighted by molar-refractivity contribution is 0.00616. The van der Waals surface area contributed by atoms with Crippen molar-refractivity contribution in [3.63, 3.8) is 0 Å². The van der Waals surface area contributed by atoms with E-state index in [9.17, 15) is 9.59 Å². The van der Waals surface area contributed by atoms with E-state index in [1.54, 1.807) is 17.4 Å². The molecular weight excluding hydrogens is 432 g/mol. The molecule has 3 heterocycles. The van der Waals surface area contributed by atoms with Crippen LogP contribution in [-0.4, -0.2) is 36.2 Å². The topological polar surface area (TPSA) is 68.7 Å². The Bertz CT molecular complexity index is 888. The molecule has 1 aliphatic rings. The molecule has 0 fully saturated rings. The second-order valence-corrected chi connectivity index (χ2v) is 9.03. The molecule has 0 amide bonds. The average Bonchev–Trinajstić information content (AvgIpc) is 3.03. The van der Waals surface area contributed by atoms with Crippen LogP contribution < -0.4 is 4.90 Å². The highest BCUT2D eigenvalue weighted by Gasteiger charge is 2.27. The second-order valence-electron chi connectivity index (χ2n) is 7.22. The van der Waals surface area contributed by atoms with E-state index in [0.717, 1.165) is 18.5 Å². The number of hydrogen-bond acceptors (Lipinski definition) is 7. The van der Waals surface area contributed by atoms with Crippen LogP contribution in [0.4, 0.5) is 5.82 Å².